The van der Waals surface area contributed by atoms with Gasteiger partial charge in [-0.1, -0.05) is 0 Å². The largest absolute Gasteiger partial charge is 0.481 e. The molecule has 0 aliphatic heterocycles. The van der Waals surface area contributed by atoms with Crippen molar-refractivity contribution in [2.24, 2.45) is 0 Å². The standard InChI is InChI=1S/C7H15NO3.C4H6O6/c1-8(2,3)5-6(9)4-7(10)11;5-1(3(7)8)2(6)4(9)10/h6,9H,4-5H2,1-3H3;1-2,5-6H,(H,7,8)(H,9,10)/p+1/t6-;1-,2-/m01/s1. The van der Waals surface area contributed by atoms with Gasteiger partial charge in [0.1, 0.15) is 12.6 Å². The van der Waals surface area contributed by atoms with Crippen LogP contribution >= 0.6 is 0 Å². The second kappa shape index (κ2) is 9.23. The van der Waals surface area contributed by atoms with E-state index in [4.69, 9.17) is 30.6 Å². The van der Waals surface area contributed by atoms with Gasteiger partial charge in [-0.15, -0.1) is 0 Å². The lowest BCUT2D eigenvalue weighted by Crippen LogP contribution is -2.42. The molecule has 6 N–H and O–H groups in total. The average Bonchev–Trinajstić information content (AvgIpc) is 2.23. The number of rotatable bonds is 7. The minimum atomic E-state index is -2.27. The molecule has 0 unspecified atom stereocenters. The lowest BCUT2D eigenvalue weighted by molar-refractivity contribution is -0.873. The van der Waals surface area contributed by atoms with Gasteiger partial charge in [0.25, 0.3) is 0 Å². The molecule has 0 radical (unpaired) electrons. The number of nitrogens with zero attached hydrogens (tertiary/aromatic N) is 1. The molecular weight excluding hydrogens is 290 g/mol. The fourth-order valence-electron chi connectivity index (χ4n) is 1.17. The highest BCUT2D eigenvalue weighted by molar-refractivity contribution is 5.83. The number of hydrogen-bond acceptors (Lipinski definition) is 6. The fourth-order valence-corrected chi connectivity index (χ4v) is 1.17. The molecule has 21 heavy (non-hydrogen) atoms. The Labute approximate surface area is 121 Å². The number of hydrogen-bond donors (Lipinski definition) is 6. The van der Waals surface area contributed by atoms with Crippen LogP contribution < -0.4 is 0 Å². The molecule has 0 aliphatic rings. The Morgan fingerprint density at radius 3 is 1.38 bits per heavy atom. The topological polar surface area (TPSA) is 173 Å². The fraction of sp³-hybridized carbons (Fsp3) is 0.727. The summed E-state index contributed by atoms with van der Waals surface area (Å²) >= 11 is 0. The Hall–Kier alpha value is -1.75. The number of aliphatic carboxylic acids is 3. The Morgan fingerprint density at radius 2 is 1.19 bits per heavy atom. The van der Waals surface area contributed by atoms with E-state index < -0.39 is 36.2 Å². The predicted molar refractivity (Wildman–Crippen MR) is 68.4 cm³/mol. The van der Waals surface area contributed by atoms with Crippen molar-refractivity contribution in [1.82, 2.24) is 0 Å². The monoisotopic (exact) mass is 312 g/mol. The molecule has 10 nitrogen and oxygen atoms in total. The van der Waals surface area contributed by atoms with E-state index in [0.717, 1.165) is 0 Å². The minimum absolute atomic E-state index is 0.171. The summed E-state index contributed by atoms with van der Waals surface area (Å²) in [6.07, 6.45) is -5.45. The minimum Gasteiger partial charge on any atom is -0.481 e. The first-order valence-electron chi connectivity index (χ1n) is 5.80. The first-order chi connectivity index (χ1) is 9.27. The van der Waals surface area contributed by atoms with Crippen LogP contribution in [0.2, 0.25) is 0 Å². The van der Waals surface area contributed by atoms with Crippen molar-refractivity contribution in [3.05, 3.63) is 0 Å². The van der Waals surface area contributed by atoms with Crippen LogP contribution in [0.5, 0.6) is 0 Å². The molecule has 0 heterocycles. The zero-order chi connectivity index (χ0) is 17.4. The summed E-state index contributed by atoms with van der Waals surface area (Å²) in [5, 5.41) is 50.0. The van der Waals surface area contributed by atoms with Crippen LogP contribution in [-0.2, 0) is 14.4 Å². The summed E-state index contributed by atoms with van der Waals surface area (Å²) < 4.78 is 0.578. The van der Waals surface area contributed by atoms with Crippen molar-refractivity contribution in [2.75, 3.05) is 27.7 Å². The van der Waals surface area contributed by atoms with Gasteiger partial charge in [-0.05, 0) is 0 Å². The molecule has 0 saturated heterocycles. The molecule has 0 amide bonds. The van der Waals surface area contributed by atoms with Crippen LogP contribution in [0.1, 0.15) is 6.42 Å². The molecule has 0 bridgehead atoms. The van der Waals surface area contributed by atoms with Gasteiger partial charge in [0.05, 0.1) is 27.6 Å². The molecule has 3 atom stereocenters. The van der Waals surface area contributed by atoms with Gasteiger partial charge >= 0.3 is 17.9 Å². The third kappa shape index (κ3) is 13.0. The Morgan fingerprint density at radius 1 is 0.857 bits per heavy atom. The Bertz CT molecular complexity index is 345. The van der Waals surface area contributed by atoms with E-state index in [-0.39, 0.29) is 6.42 Å². The zero-order valence-corrected chi connectivity index (χ0v) is 12.0. The molecule has 0 spiro atoms. The highest BCUT2D eigenvalue weighted by Crippen LogP contribution is 1.98. The van der Waals surface area contributed by atoms with Crippen LogP contribution in [0.15, 0.2) is 0 Å². The van der Waals surface area contributed by atoms with Gasteiger partial charge < -0.3 is 35.1 Å². The van der Waals surface area contributed by atoms with Crippen molar-refractivity contribution in [3.63, 3.8) is 0 Å². The van der Waals surface area contributed by atoms with Crippen molar-refractivity contribution in [1.29, 1.82) is 0 Å². The number of aliphatic hydroxyl groups excluding tert-OH is 3. The molecule has 0 aliphatic carbocycles. The van der Waals surface area contributed by atoms with Gasteiger partial charge in [-0.2, -0.15) is 0 Å². The highest BCUT2D eigenvalue weighted by Gasteiger charge is 2.29. The smallest absolute Gasteiger partial charge is 0.335 e. The van der Waals surface area contributed by atoms with Crippen LogP contribution in [0, 0.1) is 0 Å². The summed E-state index contributed by atoms with van der Waals surface area (Å²) in [7, 11) is 5.72. The van der Waals surface area contributed by atoms with Gasteiger partial charge in [0.2, 0.25) is 0 Å². The maximum Gasteiger partial charge on any atom is 0.335 e. The van der Waals surface area contributed by atoms with Gasteiger partial charge in [0, 0.05) is 0 Å². The molecule has 0 aromatic rings. The van der Waals surface area contributed by atoms with E-state index in [1.165, 1.54) is 0 Å². The number of carbonyl (C=O) groups is 3. The van der Waals surface area contributed by atoms with E-state index >= 15 is 0 Å². The van der Waals surface area contributed by atoms with Crippen LogP contribution in [0.25, 0.3) is 0 Å². The zero-order valence-electron chi connectivity index (χ0n) is 12.0. The van der Waals surface area contributed by atoms with E-state index in [0.29, 0.717) is 11.0 Å². The molecular formula is C11H22NO9+. The molecule has 10 heteroatoms. The first-order valence-corrected chi connectivity index (χ1v) is 5.80. The maximum atomic E-state index is 10.1. The maximum absolute atomic E-state index is 10.1. The van der Waals surface area contributed by atoms with Crippen LogP contribution in [-0.4, -0.2) is 99.0 Å². The summed E-state index contributed by atoms with van der Waals surface area (Å²) in [5.41, 5.74) is 0. The normalized spacial score (nSPS) is 15.1. The molecule has 0 saturated carbocycles. The summed E-state index contributed by atoms with van der Waals surface area (Å²) in [4.78, 5) is 29.7. The SMILES string of the molecule is C[N+](C)(C)C[C@@H](O)CC(=O)O.O=C(O)[C@H](O)[C@@H](O)C(=O)O. The predicted octanol–water partition coefficient (Wildman–Crippen LogP) is -2.59. The molecule has 0 rings (SSSR count). The van der Waals surface area contributed by atoms with Gasteiger partial charge in [0.15, 0.2) is 12.2 Å². The second-order valence-electron chi connectivity index (χ2n) is 5.29. The number of carboxylic acid groups (broad SMARTS) is 3. The van der Waals surface area contributed by atoms with Crippen LogP contribution in [0.3, 0.4) is 0 Å². The first kappa shape index (κ1) is 21.5. The summed E-state index contributed by atoms with van der Waals surface area (Å²) in [6.45, 7) is 0.465. The molecule has 0 aromatic carbocycles. The summed E-state index contributed by atoms with van der Waals surface area (Å²) in [5.74, 6) is -4.49. The quantitative estimate of drug-likeness (QED) is 0.276. The summed E-state index contributed by atoms with van der Waals surface area (Å²) in [6, 6.07) is 0. The number of quaternary nitrogens is 1. The van der Waals surface area contributed by atoms with Crippen molar-refractivity contribution >= 4 is 17.9 Å². The van der Waals surface area contributed by atoms with Crippen molar-refractivity contribution in [3.8, 4) is 0 Å². The number of likely N-dealkylation sites (N-methyl/N-ethyl adjacent to an activating group) is 1. The third-order valence-corrected chi connectivity index (χ3v) is 1.97. The van der Waals surface area contributed by atoms with E-state index in [2.05, 4.69) is 0 Å². The van der Waals surface area contributed by atoms with Crippen LogP contribution in [0.4, 0.5) is 0 Å². The Balaban J connectivity index is 0. The van der Waals surface area contributed by atoms with E-state index in [1.807, 2.05) is 21.1 Å². The van der Waals surface area contributed by atoms with Gasteiger partial charge in [-0.3, -0.25) is 4.79 Å². The van der Waals surface area contributed by atoms with Crippen molar-refractivity contribution in [2.45, 2.75) is 24.7 Å². The van der Waals surface area contributed by atoms with E-state index in [1.54, 1.807) is 0 Å². The lowest BCUT2D eigenvalue weighted by atomic mass is 10.2. The number of carboxylic acids is 3. The Kier molecular flexibility index (Phi) is 9.47. The van der Waals surface area contributed by atoms with Crippen molar-refractivity contribution < 1.29 is 49.5 Å². The molecule has 124 valence electrons. The lowest BCUT2D eigenvalue weighted by Gasteiger charge is -2.25. The molecule has 0 aromatic heterocycles. The third-order valence-electron chi connectivity index (χ3n) is 1.97. The number of aliphatic hydroxyl groups is 3. The average molecular weight is 312 g/mol. The highest BCUT2D eigenvalue weighted by atomic mass is 16.4. The molecule has 0 fully saturated rings. The second-order valence-corrected chi connectivity index (χ2v) is 5.29. The van der Waals surface area contributed by atoms with E-state index in [9.17, 15) is 14.4 Å². The van der Waals surface area contributed by atoms with Gasteiger partial charge in [-0.25, -0.2) is 9.59 Å².